The molecule has 0 atom stereocenters. The summed E-state index contributed by atoms with van der Waals surface area (Å²) in [6.07, 6.45) is 1.75. The van der Waals surface area contributed by atoms with Crippen LogP contribution < -0.4 is 9.47 Å². The van der Waals surface area contributed by atoms with Crippen LogP contribution in [0.5, 0.6) is 11.5 Å². The van der Waals surface area contributed by atoms with Crippen molar-refractivity contribution in [2.45, 2.75) is 19.4 Å². The third kappa shape index (κ3) is 3.89. The van der Waals surface area contributed by atoms with Crippen LogP contribution in [-0.4, -0.2) is 6.61 Å². The van der Waals surface area contributed by atoms with E-state index in [1.807, 2.05) is 42.5 Å². The molecule has 4 heteroatoms. The predicted octanol–water partition coefficient (Wildman–Crippen LogP) is 6.21. The third-order valence-electron chi connectivity index (χ3n) is 4.49. The highest BCUT2D eigenvalue weighted by Crippen LogP contribution is 2.34. The van der Waals surface area contributed by atoms with Crippen LogP contribution in [0.25, 0.3) is 0 Å². The molecule has 0 spiro atoms. The zero-order chi connectivity index (χ0) is 17.9. The average molecular weight is 430 g/mol. The first-order valence-electron chi connectivity index (χ1n) is 8.58. The summed E-state index contributed by atoms with van der Waals surface area (Å²) in [6.45, 7) is 1.29. The van der Waals surface area contributed by atoms with E-state index < -0.39 is 0 Å². The van der Waals surface area contributed by atoms with Crippen molar-refractivity contribution < 1.29 is 9.47 Å². The second-order valence-electron chi connectivity index (χ2n) is 6.37. The molecule has 3 aromatic rings. The molecule has 0 saturated heterocycles. The molecule has 1 aliphatic heterocycles. The fourth-order valence-electron chi connectivity index (χ4n) is 3.09. The number of hydrogen-bond acceptors (Lipinski definition) is 2. The predicted molar refractivity (Wildman–Crippen MR) is 108 cm³/mol. The van der Waals surface area contributed by atoms with Gasteiger partial charge in [-0.15, -0.1) is 0 Å². The molecular weight excluding hydrogens is 412 g/mol. The number of halogens is 2. The van der Waals surface area contributed by atoms with E-state index in [1.165, 1.54) is 11.1 Å². The lowest BCUT2D eigenvalue weighted by atomic mass is 10.0. The quantitative estimate of drug-likeness (QED) is 0.480. The molecule has 0 radical (unpaired) electrons. The summed E-state index contributed by atoms with van der Waals surface area (Å²) in [5.74, 6) is 1.75. The van der Waals surface area contributed by atoms with Crippen molar-refractivity contribution in [1.82, 2.24) is 0 Å². The normalized spacial score (nSPS) is 12.5. The molecule has 132 valence electrons. The molecule has 0 bridgehead atoms. The van der Waals surface area contributed by atoms with Gasteiger partial charge in [0, 0.05) is 17.5 Å². The number of ether oxygens (including phenoxy) is 2. The Morgan fingerprint density at radius 1 is 1.00 bits per heavy atom. The highest BCUT2D eigenvalue weighted by atomic mass is 79.9. The first-order valence-corrected chi connectivity index (χ1v) is 9.75. The van der Waals surface area contributed by atoms with Crippen LogP contribution in [-0.2, 0) is 19.4 Å². The van der Waals surface area contributed by atoms with Gasteiger partial charge in [-0.25, -0.2) is 0 Å². The van der Waals surface area contributed by atoms with Crippen LogP contribution in [0, 0.1) is 0 Å². The summed E-state index contributed by atoms with van der Waals surface area (Å²) in [5.41, 5.74) is 4.66. The molecule has 4 rings (SSSR count). The molecule has 26 heavy (non-hydrogen) atoms. The summed E-state index contributed by atoms with van der Waals surface area (Å²) in [4.78, 5) is 0. The van der Waals surface area contributed by atoms with Crippen LogP contribution in [0.15, 0.2) is 65.1 Å². The van der Waals surface area contributed by atoms with Gasteiger partial charge in [0.2, 0.25) is 0 Å². The Bertz CT molecular complexity index is 925. The Hall–Kier alpha value is -1.97. The van der Waals surface area contributed by atoms with E-state index in [9.17, 15) is 0 Å². The van der Waals surface area contributed by atoms with Gasteiger partial charge in [0.15, 0.2) is 0 Å². The summed E-state index contributed by atoms with van der Waals surface area (Å²) >= 11 is 10.1. The molecule has 0 fully saturated rings. The molecule has 0 unspecified atom stereocenters. The van der Waals surface area contributed by atoms with Crippen LogP contribution in [0.1, 0.15) is 22.3 Å². The van der Waals surface area contributed by atoms with Gasteiger partial charge in [0.25, 0.3) is 0 Å². The van der Waals surface area contributed by atoms with Crippen molar-refractivity contribution in [3.05, 3.63) is 92.4 Å². The Labute approximate surface area is 166 Å². The molecule has 0 saturated carbocycles. The molecule has 0 N–H and O–H groups in total. The second kappa shape index (κ2) is 7.73. The topological polar surface area (TPSA) is 18.5 Å². The standard InChI is InChI=1S/C22H18BrClO2/c23-19-12-18(10-16-6-7-17-8-9-25-21(17)11-16)20(24)13-22(19)26-14-15-4-2-1-3-5-15/h1-7,11-13H,8-10,14H2. The maximum Gasteiger partial charge on any atom is 0.135 e. The first-order chi connectivity index (χ1) is 12.7. The van der Waals surface area contributed by atoms with Gasteiger partial charge < -0.3 is 9.47 Å². The van der Waals surface area contributed by atoms with E-state index in [2.05, 4.69) is 34.1 Å². The number of fused-ring (bicyclic) bond motifs is 1. The van der Waals surface area contributed by atoms with Gasteiger partial charge >= 0.3 is 0 Å². The molecule has 0 amide bonds. The highest BCUT2D eigenvalue weighted by Gasteiger charge is 2.14. The SMILES string of the molecule is Clc1cc(OCc2ccccc2)c(Br)cc1Cc1ccc2c(c1)OCC2. The largest absolute Gasteiger partial charge is 0.493 e. The summed E-state index contributed by atoms with van der Waals surface area (Å²) in [7, 11) is 0. The lowest BCUT2D eigenvalue weighted by molar-refractivity contribution is 0.304. The molecule has 3 aromatic carbocycles. The minimum Gasteiger partial charge on any atom is -0.493 e. The van der Waals surface area contributed by atoms with Gasteiger partial charge in [-0.3, -0.25) is 0 Å². The molecule has 1 aliphatic rings. The fourth-order valence-corrected chi connectivity index (χ4v) is 3.82. The van der Waals surface area contributed by atoms with Gasteiger partial charge in [-0.1, -0.05) is 54.1 Å². The maximum absolute atomic E-state index is 6.52. The molecular formula is C22H18BrClO2. The zero-order valence-corrected chi connectivity index (χ0v) is 16.5. The fraction of sp³-hybridized carbons (Fsp3) is 0.182. The molecule has 0 aliphatic carbocycles. The lowest BCUT2D eigenvalue weighted by Gasteiger charge is -2.12. The van der Waals surface area contributed by atoms with Gasteiger partial charge in [-0.05, 0) is 56.7 Å². The van der Waals surface area contributed by atoms with Crippen LogP contribution in [0.4, 0.5) is 0 Å². The van der Waals surface area contributed by atoms with Gasteiger partial charge in [0.05, 0.1) is 11.1 Å². The highest BCUT2D eigenvalue weighted by molar-refractivity contribution is 9.10. The third-order valence-corrected chi connectivity index (χ3v) is 5.46. The van der Waals surface area contributed by atoms with Crippen molar-refractivity contribution in [1.29, 1.82) is 0 Å². The van der Waals surface area contributed by atoms with Gasteiger partial charge in [-0.2, -0.15) is 0 Å². The van der Waals surface area contributed by atoms with E-state index in [4.69, 9.17) is 21.1 Å². The van der Waals surface area contributed by atoms with E-state index in [0.29, 0.717) is 11.6 Å². The number of hydrogen-bond donors (Lipinski definition) is 0. The summed E-state index contributed by atoms with van der Waals surface area (Å²) < 4.78 is 12.5. The van der Waals surface area contributed by atoms with Crippen LogP contribution in [0.2, 0.25) is 5.02 Å². The van der Waals surface area contributed by atoms with Crippen molar-refractivity contribution in [2.24, 2.45) is 0 Å². The molecule has 0 aromatic heterocycles. The van der Waals surface area contributed by atoms with Crippen LogP contribution in [0.3, 0.4) is 0 Å². The van der Waals surface area contributed by atoms with E-state index in [-0.39, 0.29) is 0 Å². The lowest BCUT2D eigenvalue weighted by Crippen LogP contribution is -1.97. The van der Waals surface area contributed by atoms with Crippen molar-refractivity contribution >= 4 is 27.5 Å². The Kier molecular flexibility index (Phi) is 5.18. The molecule has 1 heterocycles. The minimum absolute atomic E-state index is 0.511. The Morgan fingerprint density at radius 2 is 1.85 bits per heavy atom. The van der Waals surface area contributed by atoms with E-state index in [0.717, 1.165) is 46.5 Å². The second-order valence-corrected chi connectivity index (χ2v) is 7.63. The minimum atomic E-state index is 0.511. The van der Waals surface area contributed by atoms with Crippen molar-refractivity contribution in [2.75, 3.05) is 6.61 Å². The Balaban J connectivity index is 1.50. The first kappa shape index (κ1) is 17.4. The number of rotatable bonds is 5. The Morgan fingerprint density at radius 3 is 2.69 bits per heavy atom. The van der Waals surface area contributed by atoms with E-state index in [1.54, 1.807) is 0 Å². The molecule has 2 nitrogen and oxygen atoms in total. The van der Waals surface area contributed by atoms with Crippen LogP contribution >= 0.6 is 27.5 Å². The smallest absolute Gasteiger partial charge is 0.135 e. The zero-order valence-electron chi connectivity index (χ0n) is 14.2. The van der Waals surface area contributed by atoms with Crippen molar-refractivity contribution in [3.8, 4) is 11.5 Å². The monoisotopic (exact) mass is 428 g/mol. The summed E-state index contributed by atoms with van der Waals surface area (Å²) in [5, 5.41) is 0.706. The average Bonchev–Trinajstić information content (AvgIpc) is 3.12. The maximum atomic E-state index is 6.52. The number of benzene rings is 3. The van der Waals surface area contributed by atoms with Crippen molar-refractivity contribution in [3.63, 3.8) is 0 Å². The van der Waals surface area contributed by atoms with E-state index >= 15 is 0 Å². The summed E-state index contributed by atoms with van der Waals surface area (Å²) in [6, 6.07) is 20.4. The van der Waals surface area contributed by atoms with Gasteiger partial charge in [0.1, 0.15) is 18.1 Å².